The molecule has 0 radical (unpaired) electrons. The van der Waals surface area contributed by atoms with E-state index in [0.29, 0.717) is 27.7 Å². The lowest BCUT2D eigenvalue weighted by atomic mass is 10.2. The van der Waals surface area contributed by atoms with Crippen LogP contribution >= 0.6 is 11.6 Å². The number of halogens is 1. The fraction of sp³-hybridized carbons (Fsp3) is 0.0476. The number of carbonyl (C=O) groups is 1. The van der Waals surface area contributed by atoms with E-state index in [4.69, 9.17) is 22.1 Å². The average molecular weight is 378 g/mol. The number of nitrogens with one attached hydrogen (secondary N) is 1. The molecule has 0 saturated heterocycles. The van der Waals surface area contributed by atoms with Crippen LogP contribution in [0.3, 0.4) is 0 Å². The number of nitrogens with zero attached hydrogens (tertiary/aromatic N) is 1. The van der Waals surface area contributed by atoms with Crippen LogP contribution in [0, 0.1) is 6.92 Å². The van der Waals surface area contributed by atoms with Gasteiger partial charge in [-0.2, -0.15) is 0 Å². The van der Waals surface area contributed by atoms with Gasteiger partial charge < -0.3 is 15.5 Å². The van der Waals surface area contributed by atoms with Gasteiger partial charge in [-0.25, -0.2) is 4.98 Å². The minimum atomic E-state index is -0.473. The van der Waals surface area contributed by atoms with Crippen molar-refractivity contribution in [3.8, 4) is 22.9 Å². The molecule has 1 aromatic heterocycles. The van der Waals surface area contributed by atoms with E-state index in [1.807, 2.05) is 43.3 Å². The second kappa shape index (κ2) is 6.78. The van der Waals surface area contributed by atoms with Gasteiger partial charge >= 0.3 is 0 Å². The van der Waals surface area contributed by atoms with E-state index in [0.717, 1.165) is 22.4 Å². The predicted octanol–water partition coefficient (Wildman–Crippen LogP) is 5.08. The Hall–Kier alpha value is -3.31. The second-order valence-corrected chi connectivity index (χ2v) is 6.65. The van der Waals surface area contributed by atoms with E-state index in [1.165, 1.54) is 0 Å². The minimum absolute atomic E-state index is 0.432. The summed E-state index contributed by atoms with van der Waals surface area (Å²) in [4.78, 5) is 19.1. The van der Waals surface area contributed by atoms with Crippen molar-refractivity contribution >= 4 is 28.5 Å². The largest absolute Gasteiger partial charge is 0.457 e. The maximum absolute atomic E-state index is 11.3. The monoisotopic (exact) mass is 377 g/mol. The van der Waals surface area contributed by atoms with Gasteiger partial charge in [-0.1, -0.05) is 17.7 Å². The molecule has 5 nitrogen and oxygen atoms in total. The first kappa shape index (κ1) is 17.1. The summed E-state index contributed by atoms with van der Waals surface area (Å²) in [6.07, 6.45) is 0. The fourth-order valence-corrected chi connectivity index (χ4v) is 2.95. The van der Waals surface area contributed by atoms with Crippen molar-refractivity contribution in [2.75, 3.05) is 0 Å². The van der Waals surface area contributed by atoms with E-state index in [1.54, 1.807) is 24.3 Å². The van der Waals surface area contributed by atoms with Crippen LogP contribution in [-0.2, 0) is 0 Å². The van der Waals surface area contributed by atoms with E-state index >= 15 is 0 Å². The Bertz CT molecular complexity index is 1150. The Kier molecular flexibility index (Phi) is 4.30. The Morgan fingerprint density at radius 2 is 1.85 bits per heavy atom. The molecule has 4 rings (SSSR count). The molecule has 3 aromatic carbocycles. The highest BCUT2D eigenvalue weighted by molar-refractivity contribution is 6.30. The van der Waals surface area contributed by atoms with Gasteiger partial charge in [-0.3, -0.25) is 4.79 Å². The van der Waals surface area contributed by atoms with Gasteiger partial charge in [0.25, 0.3) is 0 Å². The van der Waals surface area contributed by atoms with Crippen molar-refractivity contribution in [1.82, 2.24) is 9.97 Å². The van der Waals surface area contributed by atoms with Crippen molar-refractivity contribution in [2.45, 2.75) is 6.92 Å². The normalized spacial score (nSPS) is 10.9. The van der Waals surface area contributed by atoms with Gasteiger partial charge in [-0.05, 0) is 67.1 Å². The number of primary amides is 1. The van der Waals surface area contributed by atoms with Gasteiger partial charge in [0.2, 0.25) is 5.91 Å². The number of H-pyrrole nitrogens is 1. The third-order valence-electron chi connectivity index (χ3n) is 4.27. The first-order chi connectivity index (χ1) is 13.0. The maximum Gasteiger partial charge on any atom is 0.248 e. The number of carbonyl (C=O) groups excluding carboxylic acids is 1. The van der Waals surface area contributed by atoms with Crippen LogP contribution < -0.4 is 10.5 Å². The third kappa shape index (κ3) is 3.50. The molecule has 27 heavy (non-hydrogen) atoms. The van der Waals surface area contributed by atoms with Crippen molar-refractivity contribution < 1.29 is 9.53 Å². The molecule has 134 valence electrons. The number of amides is 1. The van der Waals surface area contributed by atoms with Gasteiger partial charge in [0.05, 0.1) is 11.0 Å². The molecule has 3 N–H and O–H groups in total. The van der Waals surface area contributed by atoms with E-state index < -0.39 is 5.91 Å². The highest BCUT2D eigenvalue weighted by atomic mass is 35.5. The van der Waals surface area contributed by atoms with Crippen LogP contribution in [0.5, 0.6) is 11.5 Å². The molecule has 0 aliphatic rings. The molecule has 0 fully saturated rings. The zero-order valence-corrected chi connectivity index (χ0v) is 15.2. The van der Waals surface area contributed by atoms with Crippen molar-refractivity contribution in [3.63, 3.8) is 0 Å². The molecule has 0 spiro atoms. The highest BCUT2D eigenvalue weighted by Crippen LogP contribution is 2.29. The zero-order valence-electron chi connectivity index (χ0n) is 14.5. The molecule has 1 amide bonds. The third-order valence-corrected chi connectivity index (χ3v) is 4.51. The quantitative estimate of drug-likeness (QED) is 0.520. The smallest absolute Gasteiger partial charge is 0.248 e. The number of hydrogen-bond donors (Lipinski definition) is 2. The standard InChI is InChI=1S/C21H16ClN3O2/c1-12-2-6-15(22)11-19(12)27-16-7-3-13(4-8-16)21-24-17-9-5-14(20(23)26)10-18(17)25-21/h2-11H,1H3,(H2,23,26)(H,24,25). The Morgan fingerprint density at radius 1 is 1.07 bits per heavy atom. The number of rotatable bonds is 4. The summed E-state index contributed by atoms with van der Waals surface area (Å²) < 4.78 is 5.92. The number of aromatic amines is 1. The number of ether oxygens (including phenoxy) is 1. The zero-order chi connectivity index (χ0) is 19.0. The lowest BCUT2D eigenvalue weighted by Gasteiger charge is -2.09. The minimum Gasteiger partial charge on any atom is -0.457 e. The first-order valence-corrected chi connectivity index (χ1v) is 8.71. The number of hydrogen-bond acceptors (Lipinski definition) is 3. The first-order valence-electron chi connectivity index (χ1n) is 8.33. The van der Waals surface area contributed by atoms with Crippen LogP contribution in [0.25, 0.3) is 22.4 Å². The molecular weight excluding hydrogens is 362 g/mol. The summed E-state index contributed by atoms with van der Waals surface area (Å²) in [6.45, 7) is 1.97. The summed E-state index contributed by atoms with van der Waals surface area (Å²) in [6, 6.07) is 18.3. The molecule has 0 aliphatic carbocycles. The number of nitrogens with two attached hydrogens (primary N) is 1. The van der Waals surface area contributed by atoms with Crippen molar-refractivity contribution in [2.24, 2.45) is 5.73 Å². The molecule has 6 heteroatoms. The molecule has 0 unspecified atom stereocenters. The van der Waals surface area contributed by atoms with Gasteiger partial charge in [0.15, 0.2) is 0 Å². The fourth-order valence-electron chi connectivity index (χ4n) is 2.79. The van der Waals surface area contributed by atoms with Crippen LogP contribution in [0.15, 0.2) is 60.7 Å². The number of imidazole rings is 1. The van der Waals surface area contributed by atoms with Gasteiger partial charge in [0, 0.05) is 16.1 Å². The second-order valence-electron chi connectivity index (χ2n) is 6.22. The average Bonchev–Trinajstić information content (AvgIpc) is 3.08. The number of aryl methyl sites for hydroxylation is 1. The molecular formula is C21H16ClN3O2. The topological polar surface area (TPSA) is 81.0 Å². The number of aromatic nitrogens is 2. The van der Waals surface area contributed by atoms with E-state index in [2.05, 4.69) is 9.97 Å². The summed E-state index contributed by atoms with van der Waals surface area (Å²) in [5.74, 6) is 1.66. The number of benzene rings is 3. The predicted molar refractivity (Wildman–Crippen MR) is 106 cm³/mol. The Morgan fingerprint density at radius 3 is 2.59 bits per heavy atom. The summed E-state index contributed by atoms with van der Waals surface area (Å²) in [7, 11) is 0. The SMILES string of the molecule is Cc1ccc(Cl)cc1Oc1ccc(-c2nc3cc(C(N)=O)ccc3[nH]2)cc1. The lowest BCUT2D eigenvalue weighted by Crippen LogP contribution is -2.10. The number of fused-ring (bicyclic) bond motifs is 1. The Labute approximate surface area is 160 Å². The molecule has 0 atom stereocenters. The Balaban J connectivity index is 1.61. The summed E-state index contributed by atoms with van der Waals surface area (Å²) >= 11 is 6.04. The maximum atomic E-state index is 11.3. The lowest BCUT2D eigenvalue weighted by molar-refractivity contribution is 0.100. The van der Waals surface area contributed by atoms with Crippen LogP contribution in [-0.4, -0.2) is 15.9 Å². The van der Waals surface area contributed by atoms with Gasteiger partial charge in [0.1, 0.15) is 17.3 Å². The van der Waals surface area contributed by atoms with E-state index in [9.17, 15) is 4.79 Å². The van der Waals surface area contributed by atoms with Crippen LogP contribution in [0.2, 0.25) is 5.02 Å². The summed E-state index contributed by atoms with van der Waals surface area (Å²) in [5.41, 5.74) is 9.19. The van der Waals surface area contributed by atoms with Crippen molar-refractivity contribution in [1.29, 1.82) is 0 Å². The molecule has 4 aromatic rings. The van der Waals surface area contributed by atoms with E-state index in [-0.39, 0.29) is 0 Å². The van der Waals surface area contributed by atoms with Crippen LogP contribution in [0.1, 0.15) is 15.9 Å². The summed E-state index contributed by atoms with van der Waals surface area (Å²) in [5, 5.41) is 0.629. The molecule has 1 heterocycles. The van der Waals surface area contributed by atoms with Gasteiger partial charge in [-0.15, -0.1) is 0 Å². The highest BCUT2D eigenvalue weighted by Gasteiger charge is 2.09. The van der Waals surface area contributed by atoms with Crippen molar-refractivity contribution in [3.05, 3.63) is 76.8 Å². The van der Waals surface area contributed by atoms with Crippen LogP contribution in [0.4, 0.5) is 0 Å². The molecule has 0 aliphatic heterocycles. The molecule has 0 bridgehead atoms. The molecule has 0 saturated carbocycles.